The zero-order valence-electron chi connectivity index (χ0n) is 8.05. The molecule has 3 heteroatoms. The van der Waals surface area contributed by atoms with E-state index in [4.69, 9.17) is 5.73 Å². The lowest BCUT2D eigenvalue weighted by Gasteiger charge is -2.09. The minimum absolute atomic E-state index is 0.408. The van der Waals surface area contributed by atoms with E-state index in [-0.39, 0.29) is 0 Å². The van der Waals surface area contributed by atoms with Crippen molar-refractivity contribution >= 4 is 26.8 Å². The fourth-order valence-electron chi connectivity index (χ4n) is 1.57. The Hall–Kier alpha value is -0.800. The third-order valence-electron chi connectivity index (χ3n) is 2.56. The van der Waals surface area contributed by atoms with Crippen LogP contribution >= 0.6 is 15.9 Å². The highest BCUT2D eigenvalue weighted by atomic mass is 79.9. The summed E-state index contributed by atoms with van der Waals surface area (Å²) in [5.74, 6) is 0.408. The molecule has 1 unspecified atom stereocenters. The second-order valence-corrected chi connectivity index (χ2v) is 4.44. The van der Waals surface area contributed by atoms with Crippen LogP contribution in [-0.4, -0.2) is 11.5 Å². The number of rotatable bonds is 2. The molecule has 0 aliphatic heterocycles. The molecule has 1 heterocycles. The molecule has 2 aromatic rings. The van der Waals surface area contributed by atoms with Crippen molar-refractivity contribution in [2.24, 2.45) is 5.73 Å². The molecule has 74 valence electrons. The molecule has 14 heavy (non-hydrogen) atoms. The third kappa shape index (κ3) is 1.57. The van der Waals surface area contributed by atoms with Crippen LogP contribution in [0.4, 0.5) is 0 Å². The molecule has 0 spiro atoms. The Morgan fingerprint density at radius 2 is 2.29 bits per heavy atom. The average Bonchev–Trinajstić information content (AvgIpc) is 2.64. The molecule has 0 saturated heterocycles. The Kier molecular flexibility index (Phi) is 2.61. The topological polar surface area (TPSA) is 41.8 Å². The summed E-state index contributed by atoms with van der Waals surface area (Å²) in [7, 11) is 0. The van der Waals surface area contributed by atoms with E-state index in [9.17, 15) is 0 Å². The van der Waals surface area contributed by atoms with E-state index in [1.807, 2.05) is 6.20 Å². The van der Waals surface area contributed by atoms with Crippen LogP contribution in [0.25, 0.3) is 10.9 Å². The van der Waals surface area contributed by atoms with Gasteiger partial charge in [0, 0.05) is 16.1 Å². The van der Waals surface area contributed by atoms with E-state index >= 15 is 0 Å². The van der Waals surface area contributed by atoms with Gasteiger partial charge in [0.05, 0.1) is 5.52 Å². The van der Waals surface area contributed by atoms with Crippen LogP contribution in [0.15, 0.2) is 28.9 Å². The van der Waals surface area contributed by atoms with Crippen molar-refractivity contribution in [3.05, 3.63) is 34.4 Å². The Labute approximate surface area is 91.6 Å². The first kappa shape index (κ1) is 9.74. The maximum absolute atomic E-state index is 5.65. The molecular formula is C11H13BrN2. The van der Waals surface area contributed by atoms with Crippen molar-refractivity contribution < 1.29 is 0 Å². The number of H-pyrrole nitrogens is 1. The van der Waals surface area contributed by atoms with Gasteiger partial charge in [-0.3, -0.25) is 0 Å². The third-order valence-corrected chi connectivity index (χ3v) is 3.18. The maximum Gasteiger partial charge on any atom is 0.0598 e. The van der Waals surface area contributed by atoms with Gasteiger partial charge in [0.15, 0.2) is 0 Å². The predicted octanol–water partition coefficient (Wildman–Crippen LogP) is 2.99. The van der Waals surface area contributed by atoms with Crippen LogP contribution in [-0.2, 0) is 0 Å². The van der Waals surface area contributed by atoms with Crippen molar-refractivity contribution in [1.82, 2.24) is 4.98 Å². The molecule has 0 radical (unpaired) electrons. The smallest absolute Gasteiger partial charge is 0.0598 e. The molecule has 0 amide bonds. The van der Waals surface area contributed by atoms with Crippen LogP contribution in [0.3, 0.4) is 0 Å². The van der Waals surface area contributed by atoms with Gasteiger partial charge in [0.25, 0.3) is 0 Å². The van der Waals surface area contributed by atoms with Crippen LogP contribution in [0.5, 0.6) is 0 Å². The molecule has 3 N–H and O–H groups in total. The van der Waals surface area contributed by atoms with Crippen molar-refractivity contribution in [1.29, 1.82) is 0 Å². The normalized spacial score (nSPS) is 13.4. The number of aromatic nitrogens is 1. The first-order chi connectivity index (χ1) is 6.72. The zero-order chi connectivity index (χ0) is 10.1. The molecular weight excluding hydrogens is 240 g/mol. The SMILES string of the molecule is CC(CN)c1cc(Br)c2[nH]ccc2c1. The van der Waals surface area contributed by atoms with E-state index in [2.05, 4.69) is 46.0 Å². The summed E-state index contributed by atoms with van der Waals surface area (Å²) in [4.78, 5) is 3.19. The molecule has 0 bridgehead atoms. The number of hydrogen-bond donors (Lipinski definition) is 2. The lowest BCUT2D eigenvalue weighted by atomic mass is 10.0. The quantitative estimate of drug-likeness (QED) is 0.848. The summed E-state index contributed by atoms with van der Waals surface area (Å²) >= 11 is 3.55. The fourth-order valence-corrected chi connectivity index (χ4v) is 2.18. The molecule has 0 aliphatic carbocycles. The Morgan fingerprint density at radius 1 is 1.50 bits per heavy atom. The van der Waals surface area contributed by atoms with E-state index in [1.54, 1.807) is 0 Å². The van der Waals surface area contributed by atoms with E-state index in [0.717, 1.165) is 9.99 Å². The van der Waals surface area contributed by atoms with Crippen molar-refractivity contribution in [3.8, 4) is 0 Å². The molecule has 0 aliphatic rings. The summed E-state index contributed by atoms with van der Waals surface area (Å²) in [5, 5.41) is 1.23. The highest BCUT2D eigenvalue weighted by Crippen LogP contribution is 2.27. The largest absolute Gasteiger partial charge is 0.360 e. The monoisotopic (exact) mass is 252 g/mol. The van der Waals surface area contributed by atoms with Crippen molar-refractivity contribution in [2.45, 2.75) is 12.8 Å². The van der Waals surface area contributed by atoms with Gasteiger partial charge in [-0.15, -0.1) is 0 Å². The highest BCUT2D eigenvalue weighted by Gasteiger charge is 2.07. The molecule has 1 atom stereocenters. The number of nitrogens with two attached hydrogens (primary N) is 1. The molecule has 1 aromatic carbocycles. The fraction of sp³-hybridized carbons (Fsp3) is 0.273. The first-order valence-electron chi connectivity index (χ1n) is 4.69. The summed E-state index contributed by atoms with van der Waals surface area (Å²) in [6.45, 7) is 2.82. The van der Waals surface area contributed by atoms with Crippen LogP contribution in [0, 0.1) is 0 Å². The summed E-state index contributed by atoms with van der Waals surface area (Å²) < 4.78 is 1.11. The Morgan fingerprint density at radius 3 is 3.00 bits per heavy atom. The minimum Gasteiger partial charge on any atom is -0.360 e. The number of hydrogen-bond acceptors (Lipinski definition) is 1. The summed E-state index contributed by atoms with van der Waals surface area (Å²) in [6, 6.07) is 6.40. The summed E-state index contributed by atoms with van der Waals surface area (Å²) in [5.41, 5.74) is 8.09. The molecule has 0 fully saturated rings. The molecule has 1 aromatic heterocycles. The standard InChI is InChI=1S/C11H13BrN2/c1-7(6-13)9-4-8-2-3-14-11(8)10(12)5-9/h2-5,7,14H,6,13H2,1H3. The van der Waals surface area contributed by atoms with Gasteiger partial charge in [0.1, 0.15) is 0 Å². The Balaban J connectivity index is 2.58. The first-order valence-corrected chi connectivity index (χ1v) is 5.48. The molecule has 0 saturated carbocycles. The predicted molar refractivity (Wildman–Crippen MR) is 63.5 cm³/mol. The number of halogens is 1. The van der Waals surface area contributed by atoms with E-state index in [1.165, 1.54) is 10.9 Å². The van der Waals surface area contributed by atoms with Gasteiger partial charge in [0.2, 0.25) is 0 Å². The Bertz CT molecular complexity index is 447. The van der Waals surface area contributed by atoms with Gasteiger partial charge >= 0.3 is 0 Å². The maximum atomic E-state index is 5.65. The second kappa shape index (κ2) is 3.75. The van der Waals surface area contributed by atoms with Gasteiger partial charge in [-0.25, -0.2) is 0 Å². The van der Waals surface area contributed by atoms with Gasteiger partial charge < -0.3 is 10.7 Å². The van der Waals surface area contributed by atoms with Crippen LogP contribution < -0.4 is 5.73 Å². The van der Waals surface area contributed by atoms with Crippen molar-refractivity contribution in [3.63, 3.8) is 0 Å². The van der Waals surface area contributed by atoms with E-state index in [0.29, 0.717) is 12.5 Å². The van der Waals surface area contributed by atoms with Crippen molar-refractivity contribution in [2.75, 3.05) is 6.54 Å². The van der Waals surface area contributed by atoms with Gasteiger partial charge in [-0.1, -0.05) is 6.92 Å². The molecule has 2 rings (SSSR count). The number of nitrogens with one attached hydrogen (secondary N) is 1. The highest BCUT2D eigenvalue weighted by molar-refractivity contribution is 9.10. The number of benzene rings is 1. The second-order valence-electron chi connectivity index (χ2n) is 3.58. The number of aromatic amines is 1. The molecule has 2 nitrogen and oxygen atoms in total. The van der Waals surface area contributed by atoms with Crippen LogP contribution in [0.2, 0.25) is 0 Å². The summed E-state index contributed by atoms with van der Waals surface area (Å²) in [6.07, 6.45) is 1.95. The minimum atomic E-state index is 0.408. The zero-order valence-corrected chi connectivity index (χ0v) is 9.64. The number of fused-ring (bicyclic) bond motifs is 1. The average molecular weight is 253 g/mol. The van der Waals surface area contributed by atoms with Crippen LogP contribution in [0.1, 0.15) is 18.4 Å². The van der Waals surface area contributed by atoms with Gasteiger partial charge in [-0.05, 0) is 52.2 Å². The van der Waals surface area contributed by atoms with E-state index < -0.39 is 0 Å². The lowest BCUT2D eigenvalue weighted by Crippen LogP contribution is -2.08. The van der Waals surface area contributed by atoms with Gasteiger partial charge in [-0.2, -0.15) is 0 Å². The lowest BCUT2D eigenvalue weighted by molar-refractivity contribution is 0.775.